The van der Waals surface area contributed by atoms with E-state index in [0.29, 0.717) is 5.92 Å². The predicted octanol–water partition coefficient (Wildman–Crippen LogP) is 1.29. The van der Waals surface area contributed by atoms with E-state index in [9.17, 15) is 5.11 Å². The van der Waals surface area contributed by atoms with Crippen LogP contribution in [-0.2, 0) is 6.54 Å². The van der Waals surface area contributed by atoms with E-state index in [2.05, 4.69) is 34.5 Å². The predicted molar refractivity (Wildman–Crippen MR) is 70.1 cm³/mol. The Morgan fingerprint density at radius 2 is 2.17 bits per heavy atom. The molecular weight excluding hydrogens is 224 g/mol. The molecule has 3 aliphatic rings. The molecule has 0 radical (unpaired) electrons. The summed E-state index contributed by atoms with van der Waals surface area (Å²) in [4.78, 5) is 2.49. The summed E-state index contributed by atoms with van der Waals surface area (Å²) >= 11 is 0. The van der Waals surface area contributed by atoms with E-state index in [-0.39, 0.29) is 6.04 Å². The number of nitrogens with one attached hydrogen (secondary N) is 1. The van der Waals surface area contributed by atoms with Crippen molar-refractivity contribution in [2.24, 2.45) is 5.92 Å². The largest absolute Gasteiger partial charge is 0.388 e. The fourth-order valence-electron chi connectivity index (χ4n) is 4.11. The zero-order valence-electron chi connectivity index (χ0n) is 10.6. The third-order valence-electron chi connectivity index (χ3n) is 5.17. The number of rotatable bonds is 1. The van der Waals surface area contributed by atoms with E-state index in [1.807, 2.05) is 0 Å². The Labute approximate surface area is 108 Å². The lowest BCUT2D eigenvalue weighted by molar-refractivity contribution is -0.0725. The zero-order chi connectivity index (χ0) is 12.2. The third-order valence-corrected chi connectivity index (χ3v) is 5.17. The number of nitrogens with zero attached hydrogens (tertiary/aromatic N) is 1. The van der Waals surface area contributed by atoms with E-state index in [0.717, 1.165) is 32.5 Å². The van der Waals surface area contributed by atoms with E-state index in [4.69, 9.17) is 0 Å². The van der Waals surface area contributed by atoms with Gasteiger partial charge in [0.05, 0.1) is 11.6 Å². The van der Waals surface area contributed by atoms with Gasteiger partial charge in [0, 0.05) is 25.6 Å². The summed E-state index contributed by atoms with van der Waals surface area (Å²) in [6, 6.07) is 8.67. The van der Waals surface area contributed by atoms with Gasteiger partial charge < -0.3 is 15.3 Å². The Bertz CT molecular complexity index is 475. The molecule has 4 unspecified atom stereocenters. The fraction of sp³-hybridized carbons (Fsp3) is 0.600. The van der Waals surface area contributed by atoms with Crippen molar-refractivity contribution in [1.82, 2.24) is 10.2 Å². The van der Waals surface area contributed by atoms with Gasteiger partial charge in [-0.05, 0) is 30.5 Å². The molecule has 2 fully saturated rings. The quantitative estimate of drug-likeness (QED) is 0.781. The zero-order valence-corrected chi connectivity index (χ0v) is 10.6. The summed E-state index contributed by atoms with van der Waals surface area (Å²) in [6.45, 7) is 4.20. The minimum Gasteiger partial charge on any atom is -0.388 e. The highest BCUT2D eigenvalue weighted by atomic mass is 16.3. The summed E-state index contributed by atoms with van der Waals surface area (Å²) in [5.41, 5.74) is 2.14. The average Bonchev–Trinajstić information content (AvgIpc) is 3.01. The molecule has 18 heavy (non-hydrogen) atoms. The van der Waals surface area contributed by atoms with Crippen LogP contribution < -0.4 is 5.32 Å². The topological polar surface area (TPSA) is 35.5 Å². The lowest BCUT2D eigenvalue weighted by Crippen LogP contribution is -2.52. The second-order valence-corrected chi connectivity index (χ2v) is 6.04. The van der Waals surface area contributed by atoms with Crippen LogP contribution in [0.5, 0.6) is 0 Å². The van der Waals surface area contributed by atoms with Crippen molar-refractivity contribution < 1.29 is 5.11 Å². The molecule has 2 bridgehead atoms. The van der Waals surface area contributed by atoms with Crippen molar-refractivity contribution in [1.29, 1.82) is 0 Å². The van der Waals surface area contributed by atoms with Crippen LogP contribution in [0.15, 0.2) is 24.3 Å². The first-order valence-electron chi connectivity index (χ1n) is 7.03. The molecule has 96 valence electrons. The number of piperidine rings is 1. The molecule has 3 aliphatic heterocycles. The molecule has 4 rings (SSSR count). The minimum absolute atomic E-state index is 0.138. The van der Waals surface area contributed by atoms with Crippen LogP contribution in [0.4, 0.5) is 0 Å². The van der Waals surface area contributed by atoms with E-state index < -0.39 is 5.60 Å². The summed E-state index contributed by atoms with van der Waals surface area (Å²) in [6.07, 6.45) is 2.06. The molecule has 3 heteroatoms. The first-order chi connectivity index (χ1) is 8.77. The van der Waals surface area contributed by atoms with Crippen LogP contribution in [0.25, 0.3) is 0 Å². The Morgan fingerprint density at radius 1 is 1.28 bits per heavy atom. The second kappa shape index (κ2) is 3.80. The normalized spacial score (nSPS) is 41.9. The standard InChI is InChI=1S/C15H20N2O/c18-15(6-8-17-7-5-12(15)10-17)14-13-4-2-1-3-11(13)9-16-14/h1-4,12,14,16,18H,5-10H2. The van der Waals surface area contributed by atoms with Gasteiger partial charge in [-0.15, -0.1) is 0 Å². The summed E-state index contributed by atoms with van der Waals surface area (Å²) in [7, 11) is 0. The first-order valence-corrected chi connectivity index (χ1v) is 7.03. The molecule has 4 atom stereocenters. The smallest absolute Gasteiger partial charge is 0.0894 e. The van der Waals surface area contributed by atoms with Gasteiger partial charge in [-0.2, -0.15) is 0 Å². The van der Waals surface area contributed by atoms with Crippen molar-refractivity contribution >= 4 is 0 Å². The molecule has 1 aromatic rings. The number of aliphatic hydroxyl groups is 1. The van der Waals surface area contributed by atoms with Crippen molar-refractivity contribution in [3.8, 4) is 0 Å². The second-order valence-electron chi connectivity index (χ2n) is 6.04. The van der Waals surface area contributed by atoms with Gasteiger partial charge in [-0.1, -0.05) is 24.3 Å². The van der Waals surface area contributed by atoms with Gasteiger partial charge in [0.2, 0.25) is 0 Å². The number of fused-ring (bicyclic) bond motifs is 3. The van der Waals surface area contributed by atoms with Gasteiger partial charge in [0.25, 0.3) is 0 Å². The number of hydrogen-bond donors (Lipinski definition) is 2. The van der Waals surface area contributed by atoms with Crippen LogP contribution in [0.1, 0.15) is 30.0 Å². The van der Waals surface area contributed by atoms with Crippen molar-refractivity contribution in [2.45, 2.75) is 31.0 Å². The third kappa shape index (κ3) is 1.41. The molecule has 0 saturated carbocycles. The molecule has 2 N–H and O–H groups in total. The van der Waals surface area contributed by atoms with Crippen molar-refractivity contribution in [3.63, 3.8) is 0 Å². The van der Waals surface area contributed by atoms with Gasteiger partial charge in [-0.3, -0.25) is 0 Å². The van der Waals surface area contributed by atoms with Crippen molar-refractivity contribution in [2.75, 3.05) is 19.6 Å². The maximum Gasteiger partial charge on any atom is 0.0894 e. The number of benzene rings is 1. The SMILES string of the molecule is OC1(C2NCc3ccccc32)CCN2CCC1C2. The number of hydrogen-bond acceptors (Lipinski definition) is 3. The van der Waals surface area contributed by atoms with Gasteiger partial charge >= 0.3 is 0 Å². The highest BCUT2D eigenvalue weighted by molar-refractivity contribution is 5.36. The lowest BCUT2D eigenvalue weighted by atomic mass is 9.74. The maximum absolute atomic E-state index is 11.2. The fourth-order valence-corrected chi connectivity index (χ4v) is 4.11. The molecule has 2 saturated heterocycles. The average molecular weight is 244 g/mol. The van der Waals surface area contributed by atoms with Crippen LogP contribution in [0.3, 0.4) is 0 Å². The summed E-state index contributed by atoms with van der Waals surface area (Å²) in [5.74, 6) is 0.440. The van der Waals surface area contributed by atoms with Crippen molar-refractivity contribution in [3.05, 3.63) is 35.4 Å². The Kier molecular flexibility index (Phi) is 2.31. The molecular formula is C15H20N2O. The van der Waals surface area contributed by atoms with Crippen LogP contribution >= 0.6 is 0 Å². The maximum atomic E-state index is 11.2. The molecule has 3 nitrogen and oxygen atoms in total. The molecule has 0 amide bonds. The van der Waals surface area contributed by atoms with Crippen LogP contribution in [0, 0.1) is 5.92 Å². The Hall–Kier alpha value is -0.900. The van der Waals surface area contributed by atoms with Gasteiger partial charge in [0.15, 0.2) is 0 Å². The molecule has 0 spiro atoms. The Balaban J connectivity index is 1.71. The monoisotopic (exact) mass is 244 g/mol. The van der Waals surface area contributed by atoms with E-state index in [1.54, 1.807) is 0 Å². The lowest BCUT2D eigenvalue weighted by Gasteiger charge is -2.43. The van der Waals surface area contributed by atoms with E-state index in [1.165, 1.54) is 17.7 Å². The molecule has 1 aromatic carbocycles. The van der Waals surface area contributed by atoms with Crippen LogP contribution in [-0.4, -0.2) is 35.2 Å². The van der Waals surface area contributed by atoms with Gasteiger partial charge in [-0.25, -0.2) is 0 Å². The summed E-state index contributed by atoms with van der Waals surface area (Å²) < 4.78 is 0. The molecule has 0 aliphatic carbocycles. The minimum atomic E-state index is -0.542. The highest BCUT2D eigenvalue weighted by Crippen LogP contribution is 2.45. The Morgan fingerprint density at radius 3 is 3.11 bits per heavy atom. The van der Waals surface area contributed by atoms with Crippen LogP contribution in [0.2, 0.25) is 0 Å². The van der Waals surface area contributed by atoms with Gasteiger partial charge in [0.1, 0.15) is 0 Å². The van der Waals surface area contributed by atoms with E-state index >= 15 is 0 Å². The first kappa shape index (κ1) is 11.0. The molecule has 0 aromatic heterocycles. The highest BCUT2D eigenvalue weighted by Gasteiger charge is 2.51. The summed E-state index contributed by atoms with van der Waals surface area (Å²) in [5, 5.41) is 14.8. The molecule has 3 heterocycles.